The van der Waals surface area contributed by atoms with E-state index < -0.39 is 11.8 Å². The maximum atomic E-state index is 14.5. The standard InChI is InChI=1S/C21H18F2N6O/c1-3-6-29-7-5-14(11-29)30-21-15(22)9-16-18(28-21)20(26-12-25-16)27-17-8-13(4-2)10-24-19(17)23/h2-3,8-10,12,14H,1,5-7,11H2,(H,25,26,27)/t14-/m0/s1. The van der Waals surface area contributed by atoms with Crippen molar-refractivity contribution in [1.82, 2.24) is 24.8 Å². The predicted octanol–water partition coefficient (Wildman–Crippen LogP) is 3.06. The van der Waals surface area contributed by atoms with Gasteiger partial charge in [-0.2, -0.15) is 4.39 Å². The van der Waals surface area contributed by atoms with Crippen LogP contribution < -0.4 is 10.1 Å². The van der Waals surface area contributed by atoms with E-state index in [0.29, 0.717) is 12.1 Å². The van der Waals surface area contributed by atoms with Gasteiger partial charge >= 0.3 is 0 Å². The lowest BCUT2D eigenvalue weighted by molar-refractivity contribution is 0.188. The van der Waals surface area contributed by atoms with Crippen molar-refractivity contribution in [3.05, 3.63) is 54.6 Å². The molecule has 1 aliphatic heterocycles. The van der Waals surface area contributed by atoms with Crippen LogP contribution in [0.3, 0.4) is 0 Å². The van der Waals surface area contributed by atoms with Gasteiger partial charge in [-0.3, -0.25) is 4.90 Å². The van der Waals surface area contributed by atoms with E-state index in [1.165, 1.54) is 24.7 Å². The minimum absolute atomic E-state index is 0.0231. The van der Waals surface area contributed by atoms with Crippen molar-refractivity contribution in [3.63, 3.8) is 0 Å². The number of likely N-dealkylation sites (tertiary alicyclic amines) is 1. The lowest BCUT2D eigenvalue weighted by Gasteiger charge is -2.16. The Bertz CT molecular complexity index is 1150. The van der Waals surface area contributed by atoms with E-state index in [4.69, 9.17) is 11.2 Å². The van der Waals surface area contributed by atoms with Gasteiger partial charge in [-0.1, -0.05) is 12.0 Å². The average Bonchev–Trinajstić information content (AvgIpc) is 3.18. The van der Waals surface area contributed by atoms with E-state index in [1.807, 2.05) is 6.08 Å². The summed E-state index contributed by atoms with van der Waals surface area (Å²) < 4.78 is 34.5. The van der Waals surface area contributed by atoms with Gasteiger partial charge in [-0.25, -0.2) is 24.3 Å². The molecule has 1 fully saturated rings. The number of nitrogens with one attached hydrogen (secondary N) is 1. The molecular weight excluding hydrogens is 390 g/mol. The first-order chi connectivity index (χ1) is 14.6. The van der Waals surface area contributed by atoms with Gasteiger partial charge in [0.05, 0.1) is 11.2 Å². The van der Waals surface area contributed by atoms with E-state index in [9.17, 15) is 8.78 Å². The third-order valence-corrected chi connectivity index (χ3v) is 4.69. The van der Waals surface area contributed by atoms with E-state index in [0.717, 1.165) is 19.5 Å². The fourth-order valence-electron chi connectivity index (χ4n) is 3.26. The number of terminal acetylenes is 1. The lowest BCUT2D eigenvalue weighted by atomic mass is 10.2. The zero-order valence-electron chi connectivity index (χ0n) is 16.0. The fraction of sp³-hybridized carbons (Fsp3) is 0.238. The molecule has 1 saturated heterocycles. The van der Waals surface area contributed by atoms with Crippen molar-refractivity contribution in [2.24, 2.45) is 0 Å². The van der Waals surface area contributed by atoms with E-state index in [2.05, 4.69) is 42.7 Å². The monoisotopic (exact) mass is 408 g/mol. The number of pyridine rings is 2. The molecular formula is C21H18F2N6O. The summed E-state index contributed by atoms with van der Waals surface area (Å²) in [6, 6.07) is 2.64. The van der Waals surface area contributed by atoms with Gasteiger partial charge in [-0.15, -0.1) is 13.0 Å². The Balaban J connectivity index is 1.65. The first-order valence-electron chi connectivity index (χ1n) is 9.27. The Morgan fingerprint density at radius 2 is 2.20 bits per heavy atom. The minimum Gasteiger partial charge on any atom is -0.471 e. The van der Waals surface area contributed by atoms with Crippen molar-refractivity contribution in [3.8, 4) is 18.2 Å². The highest BCUT2D eigenvalue weighted by molar-refractivity contribution is 5.87. The second kappa shape index (κ2) is 8.39. The molecule has 4 rings (SSSR count). The predicted molar refractivity (Wildman–Crippen MR) is 108 cm³/mol. The molecule has 1 aliphatic rings. The van der Waals surface area contributed by atoms with Crippen LogP contribution in [0.15, 0.2) is 37.3 Å². The van der Waals surface area contributed by atoms with Crippen molar-refractivity contribution >= 4 is 22.5 Å². The number of rotatable bonds is 6. The SMILES string of the molecule is C#Cc1cnc(F)c(Nc2ncnc3cc(F)c(O[C@H]4CCN(CC=C)C4)nc23)c1. The highest BCUT2D eigenvalue weighted by atomic mass is 19.1. The van der Waals surface area contributed by atoms with Crippen molar-refractivity contribution in [2.75, 3.05) is 25.0 Å². The van der Waals surface area contributed by atoms with Crippen molar-refractivity contribution < 1.29 is 13.5 Å². The van der Waals surface area contributed by atoms with Crippen LogP contribution >= 0.6 is 0 Å². The van der Waals surface area contributed by atoms with Crippen LogP contribution in [0.25, 0.3) is 11.0 Å². The molecule has 152 valence electrons. The number of nitrogens with zero attached hydrogens (tertiary/aromatic N) is 5. The Labute approximate surface area is 171 Å². The van der Waals surface area contributed by atoms with Gasteiger partial charge in [0.2, 0.25) is 5.95 Å². The van der Waals surface area contributed by atoms with Crippen LogP contribution in [-0.2, 0) is 0 Å². The zero-order chi connectivity index (χ0) is 21.1. The van der Waals surface area contributed by atoms with E-state index in [1.54, 1.807) is 0 Å². The van der Waals surface area contributed by atoms with Gasteiger partial charge in [0.15, 0.2) is 11.6 Å². The maximum absolute atomic E-state index is 14.5. The fourth-order valence-corrected chi connectivity index (χ4v) is 3.26. The van der Waals surface area contributed by atoms with E-state index >= 15 is 0 Å². The summed E-state index contributed by atoms with van der Waals surface area (Å²) in [6.07, 6.45) is 10.2. The number of hydrogen-bond acceptors (Lipinski definition) is 7. The molecule has 9 heteroatoms. The molecule has 0 unspecified atom stereocenters. The van der Waals surface area contributed by atoms with E-state index in [-0.39, 0.29) is 34.5 Å². The second-order valence-corrected chi connectivity index (χ2v) is 6.77. The summed E-state index contributed by atoms with van der Waals surface area (Å²) in [5.41, 5.74) is 0.902. The summed E-state index contributed by atoms with van der Waals surface area (Å²) in [4.78, 5) is 18.2. The number of fused-ring (bicyclic) bond motifs is 1. The molecule has 3 aromatic rings. The summed E-state index contributed by atoms with van der Waals surface area (Å²) in [5.74, 6) is 1.03. The van der Waals surface area contributed by atoms with Gasteiger partial charge in [0, 0.05) is 37.5 Å². The Hall–Kier alpha value is -3.64. The van der Waals surface area contributed by atoms with Gasteiger partial charge in [0.25, 0.3) is 5.88 Å². The quantitative estimate of drug-likeness (QED) is 0.382. The summed E-state index contributed by atoms with van der Waals surface area (Å²) in [7, 11) is 0. The van der Waals surface area contributed by atoms with Crippen LogP contribution in [0.1, 0.15) is 12.0 Å². The molecule has 0 saturated carbocycles. The van der Waals surface area contributed by atoms with Gasteiger partial charge in [0.1, 0.15) is 17.9 Å². The highest BCUT2D eigenvalue weighted by Crippen LogP contribution is 2.28. The number of ether oxygens (including phenoxy) is 1. The number of anilines is 2. The van der Waals surface area contributed by atoms with Crippen molar-refractivity contribution in [2.45, 2.75) is 12.5 Å². The molecule has 3 aromatic heterocycles. The number of hydrogen-bond donors (Lipinski definition) is 1. The van der Waals surface area contributed by atoms with Crippen LogP contribution in [-0.4, -0.2) is 50.6 Å². The molecule has 0 bridgehead atoms. The Morgan fingerprint density at radius 3 is 3.00 bits per heavy atom. The summed E-state index contributed by atoms with van der Waals surface area (Å²) >= 11 is 0. The number of halogens is 2. The Morgan fingerprint density at radius 1 is 1.33 bits per heavy atom. The van der Waals surface area contributed by atoms with Crippen LogP contribution in [0.4, 0.5) is 20.3 Å². The van der Waals surface area contributed by atoms with Crippen molar-refractivity contribution in [1.29, 1.82) is 0 Å². The zero-order valence-corrected chi connectivity index (χ0v) is 16.0. The third-order valence-electron chi connectivity index (χ3n) is 4.69. The topological polar surface area (TPSA) is 76.1 Å². The van der Waals surface area contributed by atoms with Crippen LogP contribution in [0.5, 0.6) is 5.88 Å². The molecule has 30 heavy (non-hydrogen) atoms. The van der Waals surface area contributed by atoms with Crippen LogP contribution in [0, 0.1) is 24.1 Å². The summed E-state index contributed by atoms with van der Waals surface area (Å²) in [5, 5.41) is 2.81. The molecule has 0 aliphatic carbocycles. The molecule has 4 heterocycles. The lowest BCUT2D eigenvalue weighted by Crippen LogP contribution is -2.25. The highest BCUT2D eigenvalue weighted by Gasteiger charge is 2.25. The smallest absolute Gasteiger partial charge is 0.251 e. The Kier molecular flexibility index (Phi) is 5.50. The molecule has 1 atom stereocenters. The van der Waals surface area contributed by atoms with Crippen LogP contribution in [0.2, 0.25) is 0 Å². The minimum atomic E-state index is -0.757. The molecule has 7 nitrogen and oxygen atoms in total. The summed E-state index contributed by atoms with van der Waals surface area (Å²) in [6.45, 7) is 5.95. The maximum Gasteiger partial charge on any atom is 0.251 e. The van der Waals surface area contributed by atoms with Gasteiger partial charge < -0.3 is 10.1 Å². The second-order valence-electron chi connectivity index (χ2n) is 6.77. The molecule has 0 aromatic carbocycles. The first kappa shape index (κ1) is 19.7. The molecule has 1 N–H and O–H groups in total. The first-order valence-corrected chi connectivity index (χ1v) is 9.27. The largest absolute Gasteiger partial charge is 0.471 e. The molecule has 0 spiro atoms. The normalized spacial score (nSPS) is 16.4. The molecule has 0 amide bonds. The number of aromatic nitrogens is 4. The third kappa shape index (κ3) is 4.04. The average molecular weight is 408 g/mol. The molecule has 0 radical (unpaired) electrons. The van der Waals surface area contributed by atoms with Gasteiger partial charge in [-0.05, 0) is 12.5 Å².